The van der Waals surface area contributed by atoms with Crippen LogP contribution in [0.15, 0.2) is 24.7 Å². The Balaban J connectivity index is 1.83. The zero-order chi connectivity index (χ0) is 10.5. The number of anilines is 2. The minimum Gasteiger partial charge on any atom is -0.368 e. The van der Waals surface area contributed by atoms with Crippen LogP contribution in [0.2, 0.25) is 0 Å². The van der Waals surface area contributed by atoms with E-state index in [1.54, 1.807) is 29.3 Å². The first-order chi connectivity index (χ1) is 7.34. The molecular weight excluding hydrogens is 194 g/mol. The molecule has 0 saturated carbocycles. The molecule has 0 aliphatic rings. The molecule has 3 N–H and O–H groups in total. The highest BCUT2D eigenvalue weighted by Crippen LogP contribution is 2.01. The molecule has 0 aliphatic carbocycles. The lowest BCUT2D eigenvalue weighted by Crippen LogP contribution is -2.12. The van der Waals surface area contributed by atoms with Gasteiger partial charge in [0.1, 0.15) is 5.82 Å². The predicted octanol–water partition coefficient (Wildman–Crippen LogP) is -0.238. The van der Waals surface area contributed by atoms with Gasteiger partial charge in [-0.25, -0.2) is 4.98 Å². The number of nitrogens with two attached hydrogens (primary N) is 1. The zero-order valence-electron chi connectivity index (χ0n) is 8.04. The summed E-state index contributed by atoms with van der Waals surface area (Å²) in [6, 6.07) is 1.76. The molecule has 2 rings (SSSR count). The van der Waals surface area contributed by atoms with Gasteiger partial charge in [-0.05, 0) is 6.07 Å². The van der Waals surface area contributed by atoms with E-state index in [1.165, 1.54) is 0 Å². The lowest BCUT2D eigenvalue weighted by atomic mass is 10.5. The summed E-state index contributed by atoms with van der Waals surface area (Å²) in [4.78, 5) is 7.80. The molecule has 15 heavy (non-hydrogen) atoms. The quantitative estimate of drug-likeness (QED) is 0.715. The van der Waals surface area contributed by atoms with Gasteiger partial charge in [0, 0.05) is 18.9 Å². The summed E-state index contributed by atoms with van der Waals surface area (Å²) in [5.74, 6) is 0.975. The maximum atomic E-state index is 5.44. The van der Waals surface area contributed by atoms with Gasteiger partial charge in [-0.2, -0.15) is 4.98 Å². The van der Waals surface area contributed by atoms with Crippen LogP contribution < -0.4 is 11.1 Å². The molecule has 7 heteroatoms. The third-order valence-electron chi connectivity index (χ3n) is 1.79. The molecule has 78 valence electrons. The van der Waals surface area contributed by atoms with E-state index in [2.05, 4.69) is 25.6 Å². The molecular formula is C8H11N7. The maximum absolute atomic E-state index is 5.44. The van der Waals surface area contributed by atoms with Crippen LogP contribution in [0.3, 0.4) is 0 Å². The highest BCUT2D eigenvalue weighted by molar-refractivity contribution is 5.36. The summed E-state index contributed by atoms with van der Waals surface area (Å²) >= 11 is 0. The summed E-state index contributed by atoms with van der Waals surface area (Å²) in [6.45, 7) is 1.43. The Morgan fingerprint density at radius 1 is 1.40 bits per heavy atom. The Kier molecular flexibility index (Phi) is 2.72. The van der Waals surface area contributed by atoms with Gasteiger partial charge < -0.3 is 11.1 Å². The van der Waals surface area contributed by atoms with Crippen molar-refractivity contribution in [2.45, 2.75) is 6.54 Å². The van der Waals surface area contributed by atoms with Crippen molar-refractivity contribution in [1.82, 2.24) is 25.0 Å². The number of hydrogen-bond donors (Lipinski definition) is 2. The molecule has 0 saturated heterocycles. The Hall–Kier alpha value is -2.18. The molecule has 0 atom stereocenters. The molecule has 0 radical (unpaired) electrons. The fourth-order valence-corrected chi connectivity index (χ4v) is 1.12. The van der Waals surface area contributed by atoms with Gasteiger partial charge >= 0.3 is 0 Å². The van der Waals surface area contributed by atoms with Gasteiger partial charge in [0.15, 0.2) is 0 Å². The van der Waals surface area contributed by atoms with E-state index >= 15 is 0 Å². The Morgan fingerprint density at radius 3 is 3.07 bits per heavy atom. The van der Waals surface area contributed by atoms with E-state index in [1.807, 2.05) is 0 Å². The van der Waals surface area contributed by atoms with Crippen molar-refractivity contribution in [2.24, 2.45) is 0 Å². The summed E-state index contributed by atoms with van der Waals surface area (Å²) < 4.78 is 1.73. The van der Waals surface area contributed by atoms with Crippen molar-refractivity contribution >= 4 is 11.8 Å². The van der Waals surface area contributed by atoms with Gasteiger partial charge in [-0.3, -0.25) is 4.68 Å². The van der Waals surface area contributed by atoms with Gasteiger partial charge in [0.05, 0.1) is 12.7 Å². The molecule has 0 amide bonds. The summed E-state index contributed by atoms with van der Waals surface area (Å²) in [5, 5.41) is 10.6. The number of hydrogen-bond acceptors (Lipinski definition) is 6. The summed E-state index contributed by atoms with van der Waals surface area (Å²) in [6.07, 6.45) is 5.05. The lowest BCUT2D eigenvalue weighted by molar-refractivity contribution is 0.608. The summed E-state index contributed by atoms with van der Waals surface area (Å²) in [7, 11) is 0. The minimum atomic E-state index is 0.265. The van der Waals surface area contributed by atoms with Crippen molar-refractivity contribution < 1.29 is 0 Å². The minimum absolute atomic E-state index is 0.265. The maximum Gasteiger partial charge on any atom is 0.221 e. The average molecular weight is 205 g/mol. The van der Waals surface area contributed by atoms with E-state index in [4.69, 9.17) is 5.73 Å². The topological polar surface area (TPSA) is 94.5 Å². The molecule has 0 bridgehead atoms. The van der Waals surface area contributed by atoms with Gasteiger partial charge in [-0.1, -0.05) is 5.21 Å². The van der Waals surface area contributed by atoms with Crippen molar-refractivity contribution in [2.75, 3.05) is 17.6 Å². The van der Waals surface area contributed by atoms with Crippen molar-refractivity contribution in [3.05, 3.63) is 24.7 Å². The van der Waals surface area contributed by atoms with Crippen LogP contribution in [-0.2, 0) is 6.54 Å². The molecule has 2 aromatic rings. The van der Waals surface area contributed by atoms with Crippen LogP contribution in [0, 0.1) is 0 Å². The second-order valence-electron chi connectivity index (χ2n) is 2.89. The normalized spacial score (nSPS) is 10.1. The van der Waals surface area contributed by atoms with Crippen LogP contribution in [0.5, 0.6) is 0 Å². The van der Waals surface area contributed by atoms with E-state index in [-0.39, 0.29) is 5.95 Å². The molecule has 0 spiro atoms. The van der Waals surface area contributed by atoms with Crippen molar-refractivity contribution in [3.63, 3.8) is 0 Å². The Labute approximate surface area is 86.3 Å². The zero-order valence-corrected chi connectivity index (χ0v) is 8.04. The third-order valence-corrected chi connectivity index (χ3v) is 1.79. The second-order valence-corrected chi connectivity index (χ2v) is 2.89. The fourth-order valence-electron chi connectivity index (χ4n) is 1.12. The van der Waals surface area contributed by atoms with E-state index in [9.17, 15) is 0 Å². The number of nitrogens with zero attached hydrogens (tertiary/aromatic N) is 5. The first-order valence-electron chi connectivity index (χ1n) is 4.51. The molecule has 0 aromatic carbocycles. The standard InChI is InChI=1S/C8H11N7/c9-8-11-2-1-7(13-8)10-3-5-15-6-4-12-14-15/h1-2,4,6H,3,5H2,(H3,9,10,11,13). The number of nitrogens with one attached hydrogen (secondary N) is 1. The van der Waals surface area contributed by atoms with Crippen LogP contribution in [0.1, 0.15) is 0 Å². The highest BCUT2D eigenvalue weighted by atomic mass is 15.4. The van der Waals surface area contributed by atoms with Crippen LogP contribution >= 0.6 is 0 Å². The van der Waals surface area contributed by atoms with E-state index in [0.29, 0.717) is 12.4 Å². The van der Waals surface area contributed by atoms with E-state index < -0.39 is 0 Å². The molecule has 0 unspecified atom stereocenters. The monoisotopic (exact) mass is 205 g/mol. The average Bonchev–Trinajstić information content (AvgIpc) is 2.71. The van der Waals surface area contributed by atoms with Crippen LogP contribution in [-0.4, -0.2) is 31.5 Å². The molecule has 2 aromatic heterocycles. The fraction of sp³-hybridized carbons (Fsp3) is 0.250. The van der Waals surface area contributed by atoms with Crippen LogP contribution in [0.4, 0.5) is 11.8 Å². The van der Waals surface area contributed by atoms with Gasteiger partial charge in [0.2, 0.25) is 5.95 Å². The number of rotatable bonds is 4. The van der Waals surface area contributed by atoms with E-state index in [0.717, 1.165) is 6.54 Å². The van der Waals surface area contributed by atoms with Gasteiger partial charge in [0.25, 0.3) is 0 Å². The smallest absolute Gasteiger partial charge is 0.221 e. The highest BCUT2D eigenvalue weighted by Gasteiger charge is 1.95. The Morgan fingerprint density at radius 2 is 2.33 bits per heavy atom. The third kappa shape index (κ3) is 2.63. The number of aromatic nitrogens is 5. The lowest BCUT2D eigenvalue weighted by Gasteiger charge is -2.04. The number of nitrogen functional groups attached to an aromatic ring is 1. The van der Waals surface area contributed by atoms with Gasteiger partial charge in [-0.15, -0.1) is 5.10 Å². The largest absolute Gasteiger partial charge is 0.368 e. The summed E-state index contributed by atoms with van der Waals surface area (Å²) in [5.41, 5.74) is 5.44. The van der Waals surface area contributed by atoms with Crippen molar-refractivity contribution in [3.8, 4) is 0 Å². The first kappa shape index (κ1) is 9.38. The molecule has 2 heterocycles. The second kappa shape index (κ2) is 4.36. The SMILES string of the molecule is Nc1nccc(NCCn2ccnn2)n1. The molecule has 0 aliphatic heterocycles. The molecule has 7 nitrogen and oxygen atoms in total. The Bertz CT molecular complexity index is 411. The van der Waals surface area contributed by atoms with Crippen LogP contribution in [0.25, 0.3) is 0 Å². The predicted molar refractivity (Wildman–Crippen MR) is 55.0 cm³/mol. The molecule has 0 fully saturated rings. The first-order valence-corrected chi connectivity index (χ1v) is 4.51. The van der Waals surface area contributed by atoms with Crippen molar-refractivity contribution in [1.29, 1.82) is 0 Å².